The van der Waals surface area contributed by atoms with Gasteiger partial charge in [-0.25, -0.2) is 18.7 Å². The lowest BCUT2D eigenvalue weighted by Gasteiger charge is -2.41. The Kier molecular flexibility index (Phi) is 12.8. The Labute approximate surface area is 378 Å². The van der Waals surface area contributed by atoms with Gasteiger partial charge in [0.2, 0.25) is 17.7 Å². The molecule has 6 heterocycles. The largest absolute Gasteiger partial charge is 0.389 e. The number of hydrogen-bond acceptors (Lipinski definition) is 12. The Morgan fingerprint density at radius 3 is 2.37 bits per heavy atom. The molecule has 8 rings (SSSR count). The molecule has 0 radical (unpaired) electrons. The average molecular weight is 933 g/mol. The number of imide groups is 1. The minimum atomic E-state index is -4.01. The molecule has 5 aromatic rings. The van der Waals surface area contributed by atoms with E-state index in [1.54, 1.807) is 42.4 Å². The fourth-order valence-corrected chi connectivity index (χ4v) is 9.54. The zero-order chi connectivity index (χ0) is 46.2. The molecule has 0 saturated carbocycles. The lowest BCUT2D eigenvalue weighted by molar-refractivity contribution is -0.138. The molecule has 0 aliphatic carbocycles. The first kappa shape index (κ1) is 45.4. The highest BCUT2D eigenvalue weighted by molar-refractivity contribution is 7.90. The van der Waals surface area contributed by atoms with E-state index in [9.17, 15) is 32.7 Å². The molecule has 5 N–H and O–H groups in total. The molecule has 0 spiro atoms. The number of anilines is 4. The minimum Gasteiger partial charge on any atom is -0.389 e. The van der Waals surface area contributed by atoms with Crippen molar-refractivity contribution in [2.45, 2.75) is 50.7 Å². The van der Waals surface area contributed by atoms with Gasteiger partial charge in [-0.15, -0.1) is 0 Å². The normalized spacial score (nSPS) is 18.0. The SMILES string of the molecule is CCN(C)S(=O)(=O)Nc1ccc(F)c(C(=O)c2c[nH]c3ncc(-c4ccc(N5CCN(C(=O)CC6(O)CCN(c7ccc(NC8CCC(=O)NC8=O)cc7F)CC6)CC5)nc4)cc23)c1Cl. The number of nitrogens with one attached hydrogen (secondary N) is 4. The van der Waals surface area contributed by atoms with Gasteiger partial charge in [0.1, 0.15) is 29.1 Å². The molecule has 1 unspecified atom stereocenters. The number of carbonyl (C=O) groups excluding carboxylic acids is 4. The average Bonchev–Trinajstić information content (AvgIpc) is 3.72. The summed E-state index contributed by atoms with van der Waals surface area (Å²) in [7, 11) is -2.65. The van der Waals surface area contributed by atoms with Crippen LogP contribution in [-0.4, -0.2) is 126 Å². The summed E-state index contributed by atoms with van der Waals surface area (Å²) in [5.74, 6) is -2.43. The summed E-state index contributed by atoms with van der Waals surface area (Å²) in [4.78, 5) is 68.5. The van der Waals surface area contributed by atoms with Gasteiger partial charge in [-0.2, -0.15) is 12.7 Å². The predicted molar refractivity (Wildman–Crippen MR) is 241 cm³/mol. The first-order valence-corrected chi connectivity index (χ1v) is 22.9. The highest BCUT2D eigenvalue weighted by atomic mass is 35.5. The molecule has 2 aromatic carbocycles. The summed E-state index contributed by atoms with van der Waals surface area (Å²) in [5, 5.41) is 16.7. The van der Waals surface area contributed by atoms with Crippen molar-refractivity contribution in [1.82, 2.24) is 29.5 Å². The molecule has 342 valence electrons. The van der Waals surface area contributed by atoms with Gasteiger partial charge in [-0.05, 0) is 67.8 Å². The maximum absolute atomic E-state index is 15.2. The van der Waals surface area contributed by atoms with Gasteiger partial charge >= 0.3 is 10.2 Å². The van der Waals surface area contributed by atoms with Crippen molar-refractivity contribution in [3.05, 3.63) is 94.9 Å². The number of rotatable bonds is 13. The molecule has 3 amide bonds. The zero-order valence-corrected chi connectivity index (χ0v) is 37.1. The number of piperazine rings is 1. The molecule has 0 bridgehead atoms. The number of hydrogen-bond donors (Lipinski definition) is 5. The number of aromatic amines is 1. The van der Waals surface area contributed by atoms with E-state index in [0.717, 1.165) is 16.4 Å². The van der Waals surface area contributed by atoms with Crippen LogP contribution in [0.25, 0.3) is 22.2 Å². The maximum Gasteiger partial charge on any atom is 0.301 e. The van der Waals surface area contributed by atoms with Crippen molar-refractivity contribution in [3.8, 4) is 11.1 Å². The van der Waals surface area contributed by atoms with E-state index in [0.29, 0.717) is 85.0 Å². The van der Waals surface area contributed by atoms with Crippen LogP contribution in [0.3, 0.4) is 0 Å². The topological polar surface area (TPSA) is 213 Å². The number of halogens is 3. The number of aromatic nitrogens is 3. The molecule has 3 aliphatic rings. The molecule has 3 aliphatic heterocycles. The van der Waals surface area contributed by atoms with Gasteiger partial charge in [-0.1, -0.05) is 18.5 Å². The van der Waals surface area contributed by atoms with Crippen LogP contribution < -0.4 is 25.2 Å². The molecular formula is C44H47ClF2N10O7S. The van der Waals surface area contributed by atoms with Crippen molar-refractivity contribution in [1.29, 1.82) is 0 Å². The molecule has 3 fully saturated rings. The van der Waals surface area contributed by atoms with Crippen molar-refractivity contribution in [2.75, 3.05) is 72.7 Å². The van der Waals surface area contributed by atoms with Crippen molar-refractivity contribution in [2.24, 2.45) is 0 Å². The Balaban J connectivity index is 0.851. The molecular weight excluding hydrogens is 886 g/mol. The monoisotopic (exact) mass is 932 g/mol. The van der Waals surface area contributed by atoms with E-state index >= 15 is 8.78 Å². The number of fused-ring (bicyclic) bond motifs is 1. The number of aliphatic hydroxyl groups is 1. The van der Waals surface area contributed by atoms with Crippen LogP contribution in [-0.2, 0) is 24.6 Å². The second-order valence-electron chi connectivity index (χ2n) is 16.4. The van der Waals surface area contributed by atoms with Gasteiger partial charge in [0.05, 0.1) is 34.0 Å². The first-order valence-electron chi connectivity index (χ1n) is 21.1. The van der Waals surface area contributed by atoms with Crippen LogP contribution in [0.2, 0.25) is 5.02 Å². The summed E-state index contributed by atoms with van der Waals surface area (Å²) in [6, 6.07) is 11.5. The van der Waals surface area contributed by atoms with Crippen molar-refractivity contribution >= 4 is 79.2 Å². The van der Waals surface area contributed by atoms with E-state index < -0.39 is 50.7 Å². The third-order valence-electron chi connectivity index (χ3n) is 12.3. The van der Waals surface area contributed by atoms with Crippen LogP contribution >= 0.6 is 11.6 Å². The summed E-state index contributed by atoms with van der Waals surface area (Å²) >= 11 is 6.46. The van der Waals surface area contributed by atoms with Crippen LogP contribution in [0.15, 0.2) is 67.1 Å². The quantitative estimate of drug-likeness (QED) is 0.0805. The van der Waals surface area contributed by atoms with Gasteiger partial charge in [0.15, 0.2) is 5.78 Å². The Bertz CT molecular complexity index is 2780. The Morgan fingerprint density at radius 1 is 0.954 bits per heavy atom. The van der Waals surface area contributed by atoms with Crippen molar-refractivity contribution < 1.29 is 41.5 Å². The number of amides is 3. The minimum absolute atomic E-state index is 0.0509. The number of pyridine rings is 2. The summed E-state index contributed by atoms with van der Waals surface area (Å²) < 4.78 is 59.1. The fourth-order valence-electron chi connectivity index (χ4n) is 8.26. The van der Waals surface area contributed by atoms with Crippen LogP contribution in [0.1, 0.15) is 54.9 Å². The van der Waals surface area contributed by atoms with Gasteiger partial charge < -0.3 is 30.1 Å². The predicted octanol–water partition coefficient (Wildman–Crippen LogP) is 4.68. The van der Waals surface area contributed by atoms with Crippen LogP contribution in [0.4, 0.5) is 31.7 Å². The van der Waals surface area contributed by atoms with Gasteiger partial charge in [-0.3, -0.25) is 29.2 Å². The Hall–Kier alpha value is -6.22. The molecule has 17 nitrogen and oxygen atoms in total. The number of H-pyrrole nitrogens is 1. The summed E-state index contributed by atoms with van der Waals surface area (Å²) in [5.41, 5.74) is 0.663. The zero-order valence-electron chi connectivity index (χ0n) is 35.5. The number of benzene rings is 2. The van der Waals surface area contributed by atoms with Crippen LogP contribution in [0.5, 0.6) is 0 Å². The van der Waals surface area contributed by atoms with Crippen LogP contribution in [0, 0.1) is 11.6 Å². The molecule has 21 heteroatoms. The lowest BCUT2D eigenvalue weighted by Crippen LogP contribution is -2.52. The maximum atomic E-state index is 15.2. The first-order chi connectivity index (χ1) is 31.0. The molecule has 3 aromatic heterocycles. The van der Waals surface area contributed by atoms with Gasteiger partial charge in [0, 0.05) is 106 Å². The second kappa shape index (κ2) is 18.3. The van der Waals surface area contributed by atoms with Gasteiger partial charge in [0.25, 0.3) is 0 Å². The number of ketones is 1. The third kappa shape index (κ3) is 9.61. The number of piperidine rings is 2. The van der Waals surface area contributed by atoms with Crippen molar-refractivity contribution in [3.63, 3.8) is 0 Å². The molecule has 65 heavy (non-hydrogen) atoms. The third-order valence-corrected chi connectivity index (χ3v) is 14.2. The van der Waals surface area contributed by atoms with E-state index in [4.69, 9.17) is 11.6 Å². The number of nitrogens with zero attached hydrogens (tertiary/aromatic N) is 6. The van der Waals surface area contributed by atoms with E-state index in [1.165, 1.54) is 19.3 Å². The fraction of sp³-hybridized carbons (Fsp3) is 0.364. The van der Waals surface area contributed by atoms with E-state index in [-0.39, 0.29) is 60.3 Å². The molecule has 3 saturated heterocycles. The summed E-state index contributed by atoms with van der Waals surface area (Å²) in [6.07, 6.45) is 5.70. The summed E-state index contributed by atoms with van der Waals surface area (Å²) in [6.45, 7) is 4.38. The second-order valence-corrected chi connectivity index (χ2v) is 18.6. The van der Waals surface area contributed by atoms with E-state index in [1.807, 2.05) is 17.0 Å². The highest BCUT2D eigenvalue weighted by Crippen LogP contribution is 2.35. The highest BCUT2D eigenvalue weighted by Gasteiger charge is 2.37. The standard InChI is InChI=1S/C44H47ClF2N10O7S/c1-3-54(2)65(63,64)53-33-7-6-31(46)39(40(33)45)41(60)30-25-50-42-29(30)20-27(24-49-42)26-4-10-36(48-23-26)56-16-18-57(19-17-56)38(59)22-44(62)12-14-55(15-13-44)35-9-5-28(21-32(35)47)51-34-8-11-37(58)52-43(34)61/h4-7,9-10,20-21,23-25,34,51,53,62H,3,8,11-19,22H2,1-2H3,(H,49,50)(H,52,58,61). The smallest absolute Gasteiger partial charge is 0.301 e. The molecule has 1 atom stereocenters. The lowest BCUT2D eigenvalue weighted by atomic mass is 9.87. The number of carbonyl (C=O) groups is 4. The Morgan fingerprint density at radius 2 is 1.69 bits per heavy atom. The van der Waals surface area contributed by atoms with E-state index in [2.05, 4.69) is 35.2 Å².